The Balaban J connectivity index is 1.40. The number of nitrogens with zero attached hydrogens (tertiary/aromatic N) is 2. The SMILES string of the molecule is COc1ccc(OCCN2CCCC[C@@H]2c2nc3ccccc3s2)cc1. The first-order valence-corrected chi connectivity index (χ1v) is 10.0. The summed E-state index contributed by atoms with van der Waals surface area (Å²) in [6.45, 7) is 2.73. The average Bonchev–Trinajstić information content (AvgIpc) is 3.13. The van der Waals surface area contributed by atoms with Crippen LogP contribution in [-0.4, -0.2) is 36.7 Å². The molecule has 0 saturated carbocycles. The van der Waals surface area contributed by atoms with E-state index in [1.807, 2.05) is 35.6 Å². The van der Waals surface area contributed by atoms with E-state index in [9.17, 15) is 0 Å². The Kier molecular flexibility index (Phi) is 5.37. The van der Waals surface area contributed by atoms with E-state index in [2.05, 4.69) is 29.2 Å². The highest BCUT2D eigenvalue weighted by Gasteiger charge is 2.26. The number of benzene rings is 2. The van der Waals surface area contributed by atoms with Crippen LogP contribution in [0.25, 0.3) is 10.2 Å². The lowest BCUT2D eigenvalue weighted by molar-refractivity contribution is 0.123. The molecule has 0 bridgehead atoms. The molecule has 1 aliphatic rings. The predicted octanol–water partition coefficient (Wildman–Crippen LogP) is 4.91. The van der Waals surface area contributed by atoms with Crippen molar-refractivity contribution in [2.45, 2.75) is 25.3 Å². The van der Waals surface area contributed by atoms with E-state index in [4.69, 9.17) is 14.5 Å². The van der Waals surface area contributed by atoms with Gasteiger partial charge < -0.3 is 9.47 Å². The van der Waals surface area contributed by atoms with Crippen LogP contribution in [0.4, 0.5) is 0 Å². The maximum atomic E-state index is 5.94. The molecule has 1 fully saturated rings. The number of para-hydroxylation sites is 1. The van der Waals surface area contributed by atoms with Gasteiger partial charge in [0.15, 0.2) is 0 Å². The van der Waals surface area contributed by atoms with E-state index in [-0.39, 0.29) is 0 Å². The van der Waals surface area contributed by atoms with E-state index in [0.29, 0.717) is 12.6 Å². The Morgan fingerprint density at radius 1 is 1.08 bits per heavy atom. The minimum absolute atomic E-state index is 0.417. The highest BCUT2D eigenvalue weighted by Crippen LogP contribution is 2.35. The quantitative estimate of drug-likeness (QED) is 0.619. The fourth-order valence-electron chi connectivity index (χ4n) is 3.52. The van der Waals surface area contributed by atoms with E-state index < -0.39 is 0 Å². The summed E-state index contributed by atoms with van der Waals surface area (Å²) in [5.41, 5.74) is 1.12. The number of aromatic nitrogens is 1. The fraction of sp³-hybridized carbons (Fsp3) is 0.381. The topological polar surface area (TPSA) is 34.6 Å². The fourth-order valence-corrected chi connectivity index (χ4v) is 4.66. The number of likely N-dealkylation sites (tertiary alicyclic amines) is 1. The molecule has 3 aromatic rings. The van der Waals surface area contributed by atoms with Crippen LogP contribution >= 0.6 is 11.3 Å². The zero-order valence-corrected chi connectivity index (χ0v) is 15.9. The summed E-state index contributed by atoms with van der Waals surface area (Å²) < 4.78 is 12.4. The smallest absolute Gasteiger partial charge is 0.119 e. The van der Waals surface area contributed by atoms with Gasteiger partial charge in [0.1, 0.15) is 23.1 Å². The number of ether oxygens (including phenoxy) is 2. The van der Waals surface area contributed by atoms with Crippen LogP contribution in [0, 0.1) is 0 Å². The minimum atomic E-state index is 0.417. The molecule has 0 aliphatic carbocycles. The summed E-state index contributed by atoms with van der Waals surface area (Å²) in [6.07, 6.45) is 3.71. The second kappa shape index (κ2) is 8.06. The van der Waals surface area contributed by atoms with E-state index in [1.165, 1.54) is 29.0 Å². The predicted molar refractivity (Wildman–Crippen MR) is 106 cm³/mol. The van der Waals surface area contributed by atoms with Gasteiger partial charge in [-0.3, -0.25) is 4.90 Å². The Bertz CT molecular complexity index is 814. The lowest BCUT2D eigenvalue weighted by atomic mass is 10.0. The first-order valence-electron chi connectivity index (χ1n) is 9.20. The monoisotopic (exact) mass is 368 g/mol. The lowest BCUT2D eigenvalue weighted by Crippen LogP contribution is -2.36. The maximum Gasteiger partial charge on any atom is 0.119 e. The normalized spacial score (nSPS) is 18.1. The van der Waals surface area contributed by atoms with Gasteiger partial charge in [0, 0.05) is 6.54 Å². The molecule has 0 amide bonds. The molecule has 1 aliphatic heterocycles. The molecule has 0 unspecified atom stereocenters. The Labute approximate surface area is 158 Å². The number of fused-ring (bicyclic) bond motifs is 1. The molecule has 1 atom stereocenters. The van der Waals surface area contributed by atoms with E-state index in [0.717, 1.165) is 30.1 Å². The van der Waals surface area contributed by atoms with Crippen LogP contribution in [0.2, 0.25) is 0 Å². The summed E-state index contributed by atoms with van der Waals surface area (Å²) in [6, 6.07) is 16.6. The van der Waals surface area contributed by atoms with Gasteiger partial charge >= 0.3 is 0 Å². The van der Waals surface area contributed by atoms with Gasteiger partial charge in [0.2, 0.25) is 0 Å². The lowest BCUT2D eigenvalue weighted by Gasteiger charge is -2.34. The third-order valence-corrected chi connectivity index (χ3v) is 6.05. The summed E-state index contributed by atoms with van der Waals surface area (Å²) in [7, 11) is 1.67. The third-order valence-electron chi connectivity index (χ3n) is 4.92. The summed E-state index contributed by atoms with van der Waals surface area (Å²) in [5.74, 6) is 1.74. The second-order valence-corrected chi connectivity index (χ2v) is 7.65. The second-order valence-electron chi connectivity index (χ2n) is 6.59. The van der Waals surface area contributed by atoms with Gasteiger partial charge in [0.05, 0.1) is 23.4 Å². The standard InChI is InChI=1S/C21H24N2O2S/c1-24-16-9-11-17(12-10-16)25-15-14-23-13-5-4-7-19(23)21-22-18-6-2-3-8-20(18)26-21/h2-3,6,8-12,19H,4-5,7,13-15H2,1H3/t19-/m1/s1. The van der Waals surface area contributed by atoms with Crippen molar-refractivity contribution >= 4 is 21.6 Å². The molecule has 2 aromatic carbocycles. The van der Waals surface area contributed by atoms with Crippen molar-refractivity contribution in [3.05, 3.63) is 53.5 Å². The molecular weight excluding hydrogens is 344 g/mol. The Hall–Kier alpha value is -2.11. The van der Waals surface area contributed by atoms with Gasteiger partial charge in [0.25, 0.3) is 0 Å². The van der Waals surface area contributed by atoms with Gasteiger partial charge in [-0.25, -0.2) is 4.98 Å². The molecule has 4 nitrogen and oxygen atoms in total. The van der Waals surface area contributed by atoms with Crippen molar-refractivity contribution in [3.63, 3.8) is 0 Å². The number of piperidine rings is 1. The largest absolute Gasteiger partial charge is 0.497 e. The van der Waals surface area contributed by atoms with Crippen molar-refractivity contribution < 1.29 is 9.47 Å². The zero-order chi connectivity index (χ0) is 17.8. The molecule has 1 aromatic heterocycles. The molecule has 2 heterocycles. The number of hydrogen-bond donors (Lipinski definition) is 0. The molecule has 136 valence electrons. The average molecular weight is 369 g/mol. The first kappa shape index (κ1) is 17.3. The Morgan fingerprint density at radius 2 is 1.88 bits per heavy atom. The molecule has 1 saturated heterocycles. The number of methoxy groups -OCH3 is 1. The van der Waals surface area contributed by atoms with Gasteiger partial charge in [-0.2, -0.15) is 0 Å². The zero-order valence-electron chi connectivity index (χ0n) is 15.1. The van der Waals surface area contributed by atoms with Crippen molar-refractivity contribution in [2.75, 3.05) is 26.8 Å². The highest BCUT2D eigenvalue weighted by atomic mass is 32.1. The summed E-state index contributed by atoms with van der Waals surface area (Å²) >= 11 is 1.83. The van der Waals surface area contributed by atoms with E-state index >= 15 is 0 Å². The van der Waals surface area contributed by atoms with Crippen LogP contribution in [-0.2, 0) is 0 Å². The van der Waals surface area contributed by atoms with Gasteiger partial charge in [-0.15, -0.1) is 11.3 Å². The minimum Gasteiger partial charge on any atom is -0.497 e. The first-order chi connectivity index (χ1) is 12.8. The van der Waals surface area contributed by atoms with Crippen molar-refractivity contribution in [1.29, 1.82) is 0 Å². The van der Waals surface area contributed by atoms with Crippen molar-refractivity contribution in [2.24, 2.45) is 0 Å². The molecule has 0 radical (unpaired) electrons. The molecule has 0 spiro atoms. The summed E-state index contributed by atoms with van der Waals surface area (Å²) in [5, 5.41) is 1.25. The van der Waals surface area contributed by atoms with Crippen molar-refractivity contribution in [1.82, 2.24) is 9.88 Å². The number of thiazole rings is 1. The van der Waals surface area contributed by atoms with Gasteiger partial charge in [-0.05, 0) is 55.8 Å². The van der Waals surface area contributed by atoms with Crippen LogP contribution in [0.15, 0.2) is 48.5 Å². The molecular formula is C21H24N2O2S. The van der Waals surface area contributed by atoms with Crippen molar-refractivity contribution in [3.8, 4) is 11.5 Å². The molecule has 4 rings (SSSR count). The summed E-state index contributed by atoms with van der Waals surface area (Å²) in [4.78, 5) is 7.43. The maximum absolute atomic E-state index is 5.94. The Morgan fingerprint density at radius 3 is 2.69 bits per heavy atom. The van der Waals surface area contributed by atoms with Crippen LogP contribution in [0.5, 0.6) is 11.5 Å². The number of hydrogen-bond acceptors (Lipinski definition) is 5. The van der Waals surface area contributed by atoms with Gasteiger partial charge in [-0.1, -0.05) is 18.6 Å². The third kappa shape index (κ3) is 3.84. The van der Waals surface area contributed by atoms with Crippen LogP contribution < -0.4 is 9.47 Å². The highest BCUT2D eigenvalue weighted by molar-refractivity contribution is 7.18. The van der Waals surface area contributed by atoms with E-state index in [1.54, 1.807) is 7.11 Å². The molecule has 0 N–H and O–H groups in total. The van der Waals surface area contributed by atoms with Crippen LogP contribution in [0.1, 0.15) is 30.3 Å². The molecule has 26 heavy (non-hydrogen) atoms. The number of rotatable bonds is 6. The van der Waals surface area contributed by atoms with Crippen LogP contribution in [0.3, 0.4) is 0 Å². The molecule has 5 heteroatoms.